The lowest BCUT2D eigenvalue weighted by Gasteiger charge is -2.22. The van der Waals surface area contributed by atoms with Gasteiger partial charge in [0.15, 0.2) is 5.13 Å². The van der Waals surface area contributed by atoms with Gasteiger partial charge in [0.25, 0.3) is 0 Å². The molecule has 1 atom stereocenters. The van der Waals surface area contributed by atoms with Crippen LogP contribution >= 0.6 is 23.1 Å². The first-order valence-electron chi connectivity index (χ1n) is 4.73. The van der Waals surface area contributed by atoms with Gasteiger partial charge in [0.2, 0.25) is 0 Å². The fraction of sp³-hybridized carbons (Fsp3) is 0.667. The smallest absolute Gasteiger partial charge is 0.180 e. The maximum Gasteiger partial charge on any atom is 0.180 e. The van der Waals surface area contributed by atoms with Crippen molar-refractivity contribution in [2.45, 2.75) is 19.0 Å². The Bertz CT molecular complexity index is 294. The van der Waals surface area contributed by atoms with Gasteiger partial charge in [-0.25, -0.2) is 4.98 Å². The summed E-state index contributed by atoms with van der Waals surface area (Å²) in [4.78, 5) is 6.65. The molecular formula is C9H15N3S2. The lowest BCUT2D eigenvalue weighted by atomic mass is 10.2. The third-order valence-corrected chi connectivity index (χ3v) is 4.38. The SMILES string of the molecule is CN(Cc1csc(N)n1)C1CCSC1. The van der Waals surface area contributed by atoms with Gasteiger partial charge in [-0.3, -0.25) is 4.90 Å². The number of hydrogen-bond donors (Lipinski definition) is 1. The van der Waals surface area contributed by atoms with E-state index >= 15 is 0 Å². The van der Waals surface area contributed by atoms with Crippen LogP contribution in [0.25, 0.3) is 0 Å². The highest BCUT2D eigenvalue weighted by Crippen LogP contribution is 2.23. The average molecular weight is 229 g/mol. The number of anilines is 1. The lowest BCUT2D eigenvalue weighted by Crippen LogP contribution is -2.30. The Morgan fingerprint density at radius 3 is 3.14 bits per heavy atom. The minimum absolute atomic E-state index is 0.675. The van der Waals surface area contributed by atoms with Crippen LogP contribution < -0.4 is 5.73 Å². The summed E-state index contributed by atoms with van der Waals surface area (Å²) in [6.07, 6.45) is 1.31. The molecule has 2 heterocycles. The maximum absolute atomic E-state index is 5.59. The van der Waals surface area contributed by atoms with Crippen molar-refractivity contribution in [3.05, 3.63) is 11.1 Å². The Morgan fingerprint density at radius 2 is 2.57 bits per heavy atom. The van der Waals surface area contributed by atoms with Gasteiger partial charge in [0.05, 0.1) is 5.69 Å². The highest BCUT2D eigenvalue weighted by Gasteiger charge is 2.20. The second-order valence-electron chi connectivity index (χ2n) is 3.61. The van der Waals surface area contributed by atoms with Crippen molar-refractivity contribution in [1.29, 1.82) is 0 Å². The van der Waals surface area contributed by atoms with E-state index in [2.05, 4.69) is 16.9 Å². The zero-order chi connectivity index (χ0) is 9.97. The molecule has 2 N–H and O–H groups in total. The normalized spacial score (nSPS) is 22.0. The highest BCUT2D eigenvalue weighted by atomic mass is 32.2. The zero-order valence-electron chi connectivity index (χ0n) is 8.27. The van der Waals surface area contributed by atoms with E-state index in [1.807, 2.05) is 17.1 Å². The second-order valence-corrected chi connectivity index (χ2v) is 5.65. The molecule has 0 amide bonds. The summed E-state index contributed by atoms with van der Waals surface area (Å²) >= 11 is 3.57. The molecule has 1 aromatic heterocycles. The Balaban J connectivity index is 1.90. The molecule has 0 bridgehead atoms. The van der Waals surface area contributed by atoms with E-state index in [1.165, 1.54) is 29.3 Å². The predicted molar refractivity (Wildman–Crippen MR) is 63.7 cm³/mol. The second kappa shape index (κ2) is 4.51. The number of rotatable bonds is 3. The third-order valence-electron chi connectivity index (χ3n) is 2.51. The van der Waals surface area contributed by atoms with Gasteiger partial charge >= 0.3 is 0 Å². The quantitative estimate of drug-likeness (QED) is 0.856. The van der Waals surface area contributed by atoms with Gasteiger partial charge in [-0.2, -0.15) is 11.8 Å². The summed E-state index contributed by atoms with van der Waals surface area (Å²) in [5.41, 5.74) is 6.70. The van der Waals surface area contributed by atoms with E-state index in [1.54, 1.807) is 0 Å². The van der Waals surface area contributed by atoms with Gasteiger partial charge < -0.3 is 5.73 Å². The molecule has 1 fully saturated rings. The summed E-state index contributed by atoms with van der Waals surface area (Å²) < 4.78 is 0. The van der Waals surface area contributed by atoms with E-state index in [0.29, 0.717) is 5.13 Å². The fourth-order valence-corrected chi connectivity index (χ4v) is 3.50. The summed E-state index contributed by atoms with van der Waals surface area (Å²) in [5, 5.41) is 2.72. The van der Waals surface area contributed by atoms with E-state index in [-0.39, 0.29) is 0 Å². The Kier molecular flexibility index (Phi) is 3.30. The van der Waals surface area contributed by atoms with Crippen molar-refractivity contribution in [2.75, 3.05) is 24.3 Å². The topological polar surface area (TPSA) is 42.1 Å². The Morgan fingerprint density at radius 1 is 1.71 bits per heavy atom. The number of nitrogens with two attached hydrogens (primary N) is 1. The molecule has 5 heteroatoms. The van der Waals surface area contributed by atoms with Gasteiger partial charge in [-0.15, -0.1) is 11.3 Å². The van der Waals surface area contributed by atoms with Crippen molar-refractivity contribution < 1.29 is 0 Å². The molecule has 14 heavy (non-hydrogen) atoms. The van der Waals surface area contributed by atoms with Crippen LogP contribution in [0.5, 0.6) is 0 Å². The number of nitrogens with zero attached hydrogens (tertiary/aromatic N) is 2. The molecule has 0 aliphatic carbocycles. The van der Waals surface area contributed by atoms with Crippen LogP contribution in [0.1, 0.15) is 12.1 Å². The highest BCUT2D eigenvalue weighted by molar-refractivity contribution is 7.99. The zero-order valence-corrected chi connectivity index (χ0v) is 9.90. The summed E-state index contributed by atoms with van der Waals surface area (Å²) in [6, 6.07) is 0.725. The van der Waals surface area contributed by atoms with Crippen LogP contribution in [0.3, 0.4) is 0 Å². The van der Waals surface area contributed by atoms with E-state index in [4.69, 9.17) is 5.73 Å². The monoisotopic (exact) mass is 229 g/mol. The number of thioether (sulfide) groups is 1. The average Bonchev–Trinajstić information content (AvgIpc) is 2.75. The maximum atomic E-state index is 5.59. The molecule has 1 unspecified atom stereocenters. The molecule has 1 aliphatic rings. The molecule has 1 saturated heterocycles. The molecule has 0 radical (unpaired) electrons. The van der Waals surface area contributed by atoms with Crippen molar-refractivity contribution in [2.24, 2.45) is 0 Å². The van der Waals surface area contributed by atoms with Crippen LogP contribution in [0.2, 0.25) is 0 Å². The lowest BCUT2D eigenvalue weighted by molar-refractivity contribution is 0.252. The summed E-state index contributed by atoms with van der Waals surface area (Å²) in [7, 11) is 2.17. The molecule has 1 aliphatic heterocycles. The number of hydrogen-bond acceptors (Lipinski definition) is 5. The molecule has 3 nitrogen and oxygen atoms in total. The van der Waals surface area contributed by atoms with Crippen molar-refractivity contribution in [3.8, 4) is 0 Å². The van der Waals surface area contributed by atoms with Crippen molar-refractivity contribution in [3.63, 3.8) is 0 Å². The first kappa shape index (κ1) is 10.3. The molecule has 0 spiro atoms. The van der Waals surface area contributed by atoms with Crippen LogP contribution in [0.4, 0.5) is 5.13 Å². The van der Waals surface area contributed by atoms with E-state index in [0.717, 1.165) is 18.3 Å². The fourth-order valence-electron chi connectivity index (χ4n) is 1.65. The van der Waals surface area contributed by atoms with Crippen LogP contribution in [0, 0.1) is 0 Å². The van der Waals surface area contributed by atoms with Gasteiger partial charge in [-0.05, 0) is 19.2 Å². The Hall–Kier alpha value is -0.260. The molecule has 2 rings (SSSR count). The van der Waals surface area contributed by atoms with Crippen molar-refractivity contribution >= 4 is 28.2 Å². The van der Waals surface area contributed by atoms with Crippen molar-refractivity contribution in [1.82, 2.24) is 9.88 Å². The van der Waals surface area contributed by atoms with Crippen LogP contribution in [0.15, 0.2) is 5.38 Å². The largest absolute Gasteiger partial charge is 0.375 e. The van der Waals surface area contributed by atoms with Gasteiger partial charge in [-0.1, -0.05) is 0 Å². The molecular weight excluding hydrogens is 214 g/mol. The number of aromatic nitrogens is 1. The Labute approximate surface area is 92.7 Å². The molecule has 1 aromatic rings. The number of nitrogen functional groups attached to an aromatic ring is 1. The standard InChI is InChI=1S/C9H15N3S2/c1-12(8-2-3-13-6-8)4-7-5-14-9(10)11-7/h5,8H,2-4,6H2,1H3,(H2,10,11). The molecule has 0 aromatic carbocycles. The van der Waals surface area contributed by atoms with E-state index in [9.17, 15) is 0 Å². The first-order chi connectivity index (χ1) is 6.75. The number of thiazole rings is 1. The van der Waals surface area contributed by atoms with Crippen LogP contribution in [-0.4, -0.2) is 34.5 Å². The molecule has 78 valence electrons. The molecule has 0 saturated carbocycles. The minimum Gasteiger partial charge on any atom is -0.375 e. The van der Waals surface area contributed by atoms with Gasteiger partial charge in [0, 0.05) is 23.7 Å². The summed E-state index contributed by atoms with van der Waals surface area (Å²) in [5.74, 6) is 2.56. The van der Waals surface area contributed by atoms with Gasteiger partial charge in [0.1, 0.15) is 0 Å². The third kappa shape index (κ3) is 2.40. The predicted octanol–water partition coefficient (Wildman–Crippen LogP) is 1.66. The van der Waals surface area contributed by atoms with Crippen LogP contribution in [-0.2, 0) is 6.54 Å². The van der Waals surface area contributed by atoms with E-state index < -0.39 is 0 Å². The first-order valence-corrected chi connectivity index (χ1v) is 6.77. The summed E-state index contributed by atoms with van der Waals surface area (Å²) in [6.45, 7) is 0.929. The minimum atomic E-state index is 0.675.